The second-order valence-corrected chi connectivity index (χ2v) is 7.02. The lowest BCUT2D eigenvalue weighted by atomic mass is 10.1. The van der Waals surface area contributed by atoms with E-state index in [1.807, 2.05) is 36.4 Å². The highest BCUT2D eigenvalue weighted by atomic mass is 31.1. The lowest BCUT2D eigenvalue weighted by Gasteiger charge is -2.16. The van der Waals surface area contributed by atoms with Crippen LogP contribution in [0.25, 0.3) is 21.9 Å². The molecule has 0 bridgehead atoms. The predicted octanol–water partition coefficient (Wildman–Crippen LogP) is 3.50. The van der Waals surface area contributed by atoms with E-state index in [0.29, 0.717) is 0 Å². The first-order valence-electron chi connectivity index (χ1n) is 7.18. The number of fused-ring (bicyclic) bond motifs is 3. The van der Waals surface area contributed by atoms with Crippen molar-refractivity contribution in [1.29, 1.82) is 0 Å². The molecule has 3 aromatic carbocycles. The van der Waals surface area contributed by atoms with E-state index in [1.165, 1.54) is 5.30 Å². The molecule has 0 radical (unpaired) electrons. The van der Waals surface area contributed by atoms with Gasteiger partial charge >= 0.3 is 0 Å². The highest BCUT2D eigenvalue weighted by Crippen LogP contribution is 2.38. The van der Waals surface area contributed by atoms with Crippen molar-refractivity contribution < 1.29 is 8.86 Å². The van der Waals surface area contributed by atoms with E-state index in [4.69, 9.17) is 8.86 Å². The van der Waals surface area contributed by atoms with Crippen LogP contribution in [0.1, 0.15) is 0 Å². The summed E-state index contributed by atoms with van der Waals surface area (Å²) in [5.41, 5.74) is 1.85. The monoisotopic (exact) mass is 304 g/mol. The Morgan fingerprint density at radius 1 is 0.773 bits per heavy atom. The Hall–Kier alpha value is -2.09. The summed E-state index contributed by atoms with van der Waals surface area (Å²) in [5, 5.41) is 4.61. The molecule has 0 unspecified atom stereocenters. The average Bonchev–Trinajstić information content (AvgIpc) is 2.96. The van der Waals surface area contributed by atoms with Gasteiger partial charge in [0, 0.05) is 21.4 Å². The van der Waals surface area contributed by atoms with Crippen LogP contribution in [0.3, 0.4) is 0 Å². The maximum absolute atomic E-state index is 6.12. The predicted molar refractivity (Wildman–Crippen MR) is 96.0 cm³/mol. The molecule has 1 heterocycles. The number of furan rings is 1. The third-order valence-electron chi connectivity index (χ3n) is 3.78. The average molecular weight is 304 g/mol. The zero-order valence-corrected chi connectivity index (χ0v) is 13.1. The van der Waals surface area contributed by atoms with Crippen LogP contribution in [-0.4, -0.2) is 8.05 Å². The molecule has 2 nitrogen and oxygen atoms in total. The van der Waals surface area contributed by atoms with Crippen LogP contribution in [0.5, 0.6) is 0 Å². The first-order chi connectivity index (χ1) is 10.9. The molecule has 0 saturated heterocycles. The third-order valence-corrected chi connectivity index (χ3v) is 5.70. The van der Waals surface area contributed by atoms with Gasteiger partial charge in [0.1, 0.15) is 11.2 Å². The van der Waals surface area contributed by atoms with Crippen molar-refractivity contribution in [3.63, 3.8) is 0 Å². The van der Waals surface area contributed by atoms with Crippen LogP contribution in [0.2, 0.25) is 0 Å². The quantitative estimate of drug-likeness (QED) is 0.427. The van der Waals surface area contributed by atoms with Gasteiger partial charge < -0.3 is 8.86 Å². The Bertz CT molecular complexity index is 934. The van der Waals surface area contributed by atoms with Gasteiger partial charge in [-0.3, -0.25) is 0 Å². The van der Waals surface area contributed by atoms with Crippen molar-refractivity contribution in [1.82, 2.24) is 0 Å². The van der Waals surface area contributed by atoms with Gasteiger partial charge in [0.05, 0.1) is 8.15 Å². The van der Waals surface area contributed by atoms with Crippen molar-refractivity contribution in [2.75, 3.05) is 0 Å². The third kappa shape index (κ3) is 2.14. The largest absolute Gasteiger partial charge is 0.455 e. The molecule has 0 spiro atoms. The zero-order chi connectivity index (χ0) is 14.9. The van der Waals surface area contributed by atoms with Gasteiger partial charge in [-0.1, -0.05) is 60.7 Å². The Labute approximate surface area is 131 Å². The Kier molecular flexibility index (Phi) is 3.46. The summed E-state index contributed by atoms with van der Waals surface area (Å²) in [6, 6.07) is 24.8. The number of hydrogen-bond acceptors (Lipinski definition) is 2. The minimum absolute atomic E-state index is 0.879. The molecule has 0 aliphatic carbocycles. The van der Waals surface area contributed by atoms with E-state index >= 15 is 0 Å². The normalized spacial score (nSPS) is 12.7. The van der Waals surface area contributed by atoms with Crippen LogP contribution in [0.15, 0.2) is 77.2 Å². The van der Waals surface area contributed by atoms with Gasteiger partial charge in [0.15, 0.2) is 0 Å². The molecule has 22 heavy (non-hydrogen) atoms. The maximum atomic E-state index is 6.12. The summed E-state index contributed by atoms with van der Waals surface area (Å²) in [6.45, 7) is 0. The van der Waals surface area contributed by atoms with Gasteiger partial charge in [-0.25, -0.2) is 0 Å². The summed E-state index contributed by atoms with van der Waals surface area (Å²) < 4.78 is 12.0. The van der Waals surface area contributed by atoms with Crippen LogP contribution >= 0.6 is 8.15 Å². The standard InChI is InChI=1S/C18H14BO2P/c19-21-22(13-7-2-1-3-8-13)17-12-6-10-15-14-9-4-5-11-16(14)20-18(15)17/h1-12H,19H2/t22-/m1/s1. The van der Waals surface area contributed by atoms with E-state index in [0.717, 1.165) is 27.2 Å². The SMILES string of the molecule is BO[P@](c1ccccc1)c1cccc2c1oc1ccccc12. The van der Waals surface area contributed by atoms with E-state index < -0.39 is 8.15 Å². The molecular weight excluding hydrogens is 290 g/mol. The highest BCUT2D eigenvalue weighted by molar-refractivity contribution is 7.69. The number of rotatable bonds is 3. The fourth-order valence-electron chi connectivity index (χ4n) is 2.80. The topological polar surface area (TPSA) is 22.4 Å². The van der Waals surface area contributed by atoms with Crippen LogP contribution < -0.4 is 10.6 Å². The molecule has 106 valence electrons. The van der Waals surface area contributed by atoms with E-state index in [2.05, 4.69) is 36.4 Å². The summed E-state index contributed by atoms with van der Waals surface area (Å²) in [6.07, 6.45) is 0. The maximum Gasteiger partial charge on any atom is 0.263 e. The lowest BCUT2D eigenvalue weighted by Crippen LogP contribution is -2.13. The van der Waals surface area contributed by atoms with Gasteiger partial charge in [-0.2, -0.15) is 0 Å². The second-order valence-electron chi connectivity index (χ2n) is 5.06. The Morgan fingerprint density at radius 3 is 2.32 bits per heavy atom. The van der Waals surface area contributed by atoms with Crippen LogP contribution in [0, 0.1) is 0 Å². The van der Waals surface area contributed by atoms with Gasteiger partial charge in [0.25, 0.3) is 8.05 Å². The van der Waals surface area contributed by atoms with Crippen molar-refractivity contribution in [2.45, 2.75) is 0 Å². The lowest BCUT2D eigenvalue weighted by molar-refractivity contribution is 0.669. The Balaban J connectivity index is 1.98. The number of para-hydroxylation sites is 2. The molecule has 0 amide bonds. The molecule has 4 rings (SSSR count). The molecule has 1 aromatic heterocycles. The van der Waals surface area contributed by atoms with Crippen molar-refractivity contribution >= 4 is 48.7 Å². The van der Waals surface area contributed by atoms with Gasteiger partial charge in [-0.05, 0) is 12.1 Å². The smallest absolute Gasteiger partial charge is 0.263 e. The van der Waals surface area contributed by atoms with Crippen LogP contribution in [-0.2, 0) is 4.44 Å². The summed E-state index contributed by atoms with van der Waals surface area (Å²) in [5.74, 6) is 0. The highest BCUT2D eigenvalue weighted by Gasteiger charge is 2.19. The fraction of sp³-hybridized carbons (Fsp3) is 0. The first kappa shape index (κ1) is 13.6. The molecular formula is C18H14BO2P. The molecule has 4 heteroatoms. The van der Waals surface area contributed by atoms with Gasteiger partial charge in [-0.15, -0.1) is 0 Å². The summed E-state index contributed by atoms with van der Waals surface area (Å²) in [7, 11) is 0.885. The molecule has 0 saturated carbocycles. The molecule has 0 aliphatic heterocycles. The van der Waals surface area contributed by atoms with E-state index in [-0.39, 0.29) is 0 Å². The second kappa shape index (κ2) is 5.60. The van der Waals surface area contributed by atoms with Crippen molar-refractivity contribution in [3.05, 3.63) is 72.8 Å². The molecule has 4 aromatic rings. The van der Waals surface area contributed by atoms with E-state index in [1.54, 1.807) is 8.05 Å². The van der Waals surface area contributed by atoms with Crippen LogP contribution in [0.4, 0.5) is 0 Å². The first-order valence-corrected chi connectivity index (χ1v) is 8.44. The summed E-state index contributed by atoms with van der Waals surface area (Å²) >= 11 is 0. The minimum Gasteiger partial charge on any atom is -0.455 e. The van der Waals surface area contributed by atoms with E-state index in [9.17, 15) is 0 Å². The van der Waals surface area contributed by atoms with Crippen molar-refractivity contribution in [3.8, 4) is 0 Å². The molecule has 0 aliphatic rings. The number of benzene rings is 3. The molecule has 1 atom stereocenters. The Morgan fingerprint density at radius 2 is 1.50 bits per heavy atom. The zero-order valence-electron chi connectivity index (χ0n) is 12.2. The summed E-state index contributed by atoms with van der Waals surface area (Å²) in [4.78, 5) is 0. The van der Waals surface area contributed by atoms with Crippen molar-refractivity contribution in [2.24, 2.45) is 0 Å². The number of hydrogen-bond donors (Lipinski definition) is 0. The minimum atomic E-state index is -0.879. The molecule has 0 N–H and O–H groups in total. The molecule has 0 fully saturated rings. The fourth-order valence-corrected chi connectivity index (χ4v) is 4.50. The van der Waals surface area contributed by atoms with Gasteiger partial charge in [0.2, 0.25) is 0 Å².